The minimum absolute atomic E-state index is 0.0163. The predicted molar refractivity (Wildman–Crippen MR) is 120 cm³/mol. The van der Waals surface area contributed by atoms with E-state index >= 15 is 0 Å². The fourth-order valence-electron chi connectivity index (χ4n) is 4.14. The highest BCUT2D eigenvalue weighted by molar-refractivity contribution is 5.90. The van der Waals surface area contributed by atoms with Crippen molar-refractivity contribution in [1.82, 2.24) is 9.78 Å². The molecule has 0 atom stereocenters. The van der Waals surface area contributed by atoms with E-state index in [9.17, 15) is 14.7 Å². The van der Waals surface area contributed by atoms with Gasteiger partial charge in [-0.05, 0) is 54.4 Å². The van der Waals surface area contributed by atoms with Gasteiger partial charge < -0.3 is 9.84 Å². The number of aromatic nitrogens is 2. The van der Waals surface area contributed by atoms with Gasteiger partial charge in [0.1, 0.15) is 11.9 Å². The summed E-state index contributed by atoms with van der Waals surface area (Å²) in [5.41, 5.74) is 3.98. The molecule has 0 spiro atoms. The SMILES string of the molecule is Cn1ncc(-c2ccc(-c3ccc(C4(C(=O)O)CC4)cc3)cc2)c1NC(=O)OC1CCC1. The van der Waals surface area contributed by atoms with Crippen molar-refractivity contribution in [1.29, 1.82) is 0 Å². The molecule has 0 bridgehead atoms. The highest BCUT2D eigenvalue weighted by atomic mass is 16.6. The Bertz CT molecular complexity index is 1160. The van der Waals surface area contributed by atoms with Crippen molar-refractivity contribution in [3.63, 3.8) is 0 Å². The number of hydrogen-bond donors (Lipinski definition) is 2. The van der Waals surface area contributed by atoms with Crippen LogP contribution in [0.3, 0.4) is 0 Å². The van der Waals surface area contributed by atoms with Crippen LogP contribution in [0, 0.1) is 0 Å². The molecular formula is C25H25N3O4. The normalized spacial score (nSPS) is 16.8. The lowest BCUT2D eigenvalue weighted by Gasteiger charge is -2.25. The third-order valence-electron chi connectivity index (χ3n) is 6.61. The molecule has 0 aliphatic heterocycles. The Morgan fingerprint density at radius 2 is 1.62 bits per heavy atom. The molecule has 2 fully saturated rings. The molecule has 2 N–H and O–H groups in total. The third kappa shape index (κ3) is 3.64. The first-order valence-corrected chi connectivity index (χ1v) is 10.9. The fraction of sp³-hybridized carbons (Fsp3) is 0.320. The number of nitrogens with one attached hydrogen (secondary N) is 1. The molecule has 2 aromatic carbocycles. The fourth-order valence-corrected chi connectivity index (χ4v) is 4.14. The van der Waals surface area contributed by atoms with E-state index in [1.807, 2.05) is 48.5 Å². The highest BCUT2D eigenvalue weighted by Crippen LogP contribution is 2.48. The molecular weight excluding hydrogens is 406 g/mol. The summed E-state index contributed by atoms with van der Waals surface area (Å²) in [4.78, 5) is 23.8. The van der Waals surface area contributed by atoms with Crippen molar-refractivity contribution in [2.24, 2.45) is 7.05 Å². The molecule has 32 heavy (non-hydrogen) atoms. The molecule has 1 heterocycles. The van der Waals surface area contributed by atoms with Crippen LogP contribution < -0.4 is 5.32 Å². The van der Waals surface area contributed by atoms with Crippen molar-refractivity contribution < 1.29 is 19.4 Å². The second-order valence-electron chi connectivity index (χ2n) is 8.66. The summed E-state index contributed by atoms with van der Waals surface area (Å²) in [6, 6.07) is 15.8. The lowest BCUT2D eigenvalue weighted by Crippen LogP contribution is -2.28. The van der Waals surface area contributed by atoms with Crippen molar-refractivity contribution in [3.8, 4) is 22.3 Å². The summed E-state index contributed by atoms with van der Waals surface area (Å²) in [7, 11) is 1.78. The summed E-state index contributed by atoms with van der Waals surface area (Å²) in [5.74, 6) is -0.151. The number of anilines is 1. The lowest BCUT2D eigenvalue weighted by molar-refractivity contribution is -0.140. The van der Waals surface area contributed by atoms with Gasteiger partial charge in [0.15, 0.2) is 0 Å². The van der Waals surface area contributed by atoms with E-state index in [-0.39, 0.29) is 6.10 Å². The number of rotatable bonds is 6. The van der Waals surface area contributed by atoms with Gasteiger partial charge >= 0.3 is 12.1 Å². The van der Waals surface area contributed by atoms with Crippen LogP contribution in [-0.2, 0) is 22.0 Å². The molecule has 0 radical (unpaired) electrons. The molecule has 2 aliphatic rings. The topological polar surface area (TPSA) is 93.5 Å². The average Bonchev–Trinajstić information content (AvgIpc) is 3.51. The Morgan fingerprint density at radius 3 is 2.16 bits per heavy atom. The molecule has 0 unspecified atom stereocenters. The van der Waals surface area contributed by atoms with Crippen LogP contribution in [0.4, 0.5) is 10.6 Å². The van der Waals surface area contributed by atoms with Crippen molar-refractivity contribution >= 4 is 17.9 Å². The smallest absolute Gasteiger partial charge is 0.413 e. The Kier molecular flexibility index (Phi) is 4.96. The number of nitrogens with zero attached hydrogens (tertiary/aromatic N) is 2. The van der Waals surface area contributed by atoms with Gasteiger partial charge in [-0.2, -0.15) is 5.10 Å². The molecule has 0 saturated heterocycles. The van der Waals surface area contributed by atoms with E-state index in [4.69, 9.17) is 4.74 Å². The van der Waals surface area contributed by atoms with E-state index in [1.165, 1.54) is 0 Å². The quantitative estimate of drug-likeness (QED) is 0.575. The molecule has 2 aliphatic carbocycles. The summed E-state index contributed by atoms with van der Waals surface area (Å²) in [6.07, 6.45) is 5.64. The van der Waals surface area contributed by atoms with E-state index in [0.717, 1.165) is 47.1 Å². The molecule has 7 nitrogen and oxygen atoms in total. The molecule has 1 aromatic heterocycles. The summed E-state index contributed by atoms with van der Waals surface area (Å²) in [6.45, 7) is 0. The van der Waals surface area contributed by atoms with Crippen LogP contribution in [0.2, 0.25) is 0 Å². The number of aryl methyl sites for hydroxylation is 1. The Hall–Kier alpha value is -3.61. The number of carboxylic acid groups (broad SMARTS) is 1. The largest absolute Gasteiger partial charge is 0.481 e. The van der Waals surface area contributed by atoms with Gasteiger partial charge in [0, 0.05) is 12.6 Å². The summed E-state index contributed by atoms with van der Waals surface area (Å²) in [5, 5.41) is 16.6. The Balaban J connectivity index is 1.33. The first-order valence-electron chi connectivity index (χ1n) is 10.9. The van der Waals surface area contributed by atoms with Crippen molar-refractivity contribution in [3.05, 3.63) is 60.3 Å². The maximum absolute atomic E-state index is 12.2. The number of hydrogen-bond acceptors (Lipinski definition) is 4. The number of benzene rings is 2. The van der Waals surface area contributed by atoms with E-state index < -0.39 is 17.5 Å². The minimum atomic E-state index is -0.743. The molecule has 1 amide bonds. The maximum atomic E-state index is 12.2. The minimum Gasteiger partial charge on any atom is -0.481 e. The van der Waals surface area contributed by atoms with E-state index in [0.29, 0.717) is 18.7 Å². The van der Waals surface area contributed by atoms with Crippen LogP contribution >= 0.6 is 0 Å². The second kappa shape index (κ2) is 7.82. The number of ether oxygens (including phenoxy) is 1. The van der Waals surface area contributed by atoms with Crippen molar-refractivity contribution in [2.45, 2.75) is 43.6 Å². The molecule has 3 aromatic rings. The van der Waals surface area contributed by atoms with Crippen LogP contribution in [0.25, 0.3) is 22.3 Å². The maximum Gasteiger partial charge on any atom is 0.413 e. The van der Waals surface area contributed by atoms with E-state index in [2.05, 4.69) is 10.4 Å². The number of carboxylic acids is 1. The average molecular weight is 431 g/mol. The Morgan fingerprint density at radius 1 is 1.03 bits per heavy atom. The highest BCUT2D eigenvalue weighted by Gasteiger charge is 2.51. The third-order valence-corrected chi connectivity index (χ3v) is 6.61. The lowest BCUT2D eigenvalue weighted by atomic mass is 9.93. The molecule has 7 heteroatoms. The molecule has 164 valence electrons. The zero-order chi connectivity index (χ0) is 22.3. The van der Waals surface area contributed by atoms with Crippen LogP contribution in [0.15, 0.2) is 54.7 Å². The molecule has 2 saturated carbocycles. The summed E-state index contributed by atoms with van der Waals surface area (Å²) < 4.78 is 7.03. The van der Waals surface area contributed by atoms with Gasteiger partial charge in [-0.1, -0.05) is 48.5 Å². The second-order valence-corrected chi connectivity index (χ2v) is 8.66. The number of carbonyl (C=O) groups excluding carboxylic acids is 1. The first-order chi connectivity index (χ1) is 15.5. The van der Waals surface area contributed by atoms with E-state index in [1.54, 1.807) is 17.9 Å². The monoisotopic (exact) mass is 431 g/mol. The van der Waals surface area contributed by atoms with Crippen LogP contribution in [0.1, 0.15) is 37.7 Å². The van der Waals surface area contributed by atoms with Gasteiger partial charge in [-0.25, -0.2) is 4.79 Å². The number of aliphatic carboxylic acids is 1. The summed E-state index contributed by atoms with van der Waals surface area (Å²) >= 11 is 0. The van der Waals surface area contributed by atoms with Gasteiger partial charge in [-0.15, -0.1) is 0 Å². The predicted octanol–water partition coefficient (Wildman–Crippen LogP) is 4.97. The number of carbonyl (C=O) groups is 2. The van der Waals surface area contributed by atoms with Gasteiger partial charge in [-0.3, -0.25) is 14.8 Å². The van der Waals surface area contributed by atoms with Gasteiger partial charge in [0.05, 0.1) is 11.6 Å². The van der Waals surface area contributed by atoms with Crippen LogP contribution in [0.5, 0.6) is 0 Å². The standard InChI is InChI=1S/C25H25N3O4/c1-28-22(27-24(31)32-20-3-2-4-20)21(15-26-28)18-7-5-16(6-8-18)17-9-11-19(12-10-17)25(13-14-25)23(29)30/h5-12,15,20H,2-4,13-14H2,1H3,(H,27,31)(H,29,30). The van der Waals surface area contributed by atoms with Gasteiger partial charge in [0.2, 0.25) is 0 Å². The zero-order valence-electron chi connectivity index (χ0n) is 17.9. The molecule has 5 rings (SSSR count). The number of amides is 1. The van der Waals surface area contributed by atoms with Crippen molar-refractivity contribution in [2.75, 3.05) is 5.32 Å². The van der Waals surface area contributed by atoms with Gasteiger partial charge in [0.25, 0.3) is 0 Å². The zero-order valence-corrected chi connectivity index (χ0v) is 17.9. The van der Waals surface area contributed by atoms with Crippen LogP contribution in [-0.4, -0.2) is 33.1 Å². The Labute approximate surface area is 186 Å². The first kappa shape index (κ1) is 20.3.